The third-order valence-electron chi connectivity index (χ3n) is 3.10. The summed E-state index contributed by atoms with van der Waals surface area (Å²) >= 11 is 6.02. The first-order valence-electron chi connectivity index (χ1n) is 6.53. The van der Waals surface area contributed by atoms with Crippen molar-refractivity contribution < 1.29 is 4.79 Å². The van der Waals surface area contributed by atoms with Crippen LogP contribution in [0, 0.1) is 6.92 Å². The quantitative estimate of drug-likeness (QED) is 0.832. The van der Waals surface area contributed by atoms with Crippen molar-refractivity contribution in [3.8, 4) is 0 Å². The first-order valence-corrected chi connectivity index (χ1v) is 6.90. The molecule has 0 unspecified atom stereocenters. The molecule has 20 heavy (non-hydrogen) atoms. The highest BCUT2D eigenvalue weighted by Gasteiger charge is 2.09. The van der Waals surface area contributed by atoms with E-state index in [4.69, 9.17) is 11.6 Å². The van der Waals surface area contributed by atoms with Gasteiger partial charge in [-0.25, -0.2) is 4.79 Å². The van der Waals surface area contributed by atoms with E-state index in [1.165, 1.54) is 0 Å². The molecule has 2 amide bonds. The molecule has 0 fully saturated rings. The van der Waals surface area contributed by atoms with Gasteiger partial charge in [-0.2, -0.15) is 0 Å². The van der Waals surface area contributed by atoms with Gasteiger partial charge in [0.05, 0.1) is 10.7 Å². The molecule has 0 aromatic heterocycles. The maximum absolute atomic E-state index is 12.1. The number of nitrogens with one attached hydrogen (secondary N) is 2. The van der Waals surface area contributed by atoms with Crippen molar-refractivity contribution in [1.82, 2.24) is 0 Å². The lowest BCUT2D eigenvalue weighted by Crippen LogP contribution is -2.21. The van der Waals surface area contributed by atoms with Crippen LogP contribution in [0.25, 0.3) is 0 Å². The fourth-order valence-electron chi connectivity index (χ4n) is 2.03. The number of aryl methyl sites for hydroxylation is 2. The molecule has 0 saturated heterocycles. The van der Waals surface area contributed by atoms with E-state index >= 15 is 0 Å². The van der Waals surface area contributed by atoms with Crippen LogP contribution in [0.15, 0.2) is 42.5 Å². The minimum atomic E-state index is -0.290. The third-order valence-corrected chi connectivity index (χ3v) is 3.43. The van der Waals surface area contributed by atoms with Crippen molar-refractivity contribution in [3.63, 3.8) is 0 Å². The Morgan fingerprint density at radius 1 is 1.10 bits per heavy atom. The monoisotopic (exact) mass is 288 g/mol. The summed E-state index contributed by atoms with van der Waals surface area (Å²) in [6, 6.07) is 12.8. The molecule has 0 heterocycles. The molecule has 104 valence electrons. The Bertz CT molecular complexity index is 626. The van der Waals surface area contributed by atoms with Gasteiger partial charge in [0.1, 0.15) is 0 Å². The molecule has 0 atom stereocenters. The zero-order valence-corrected chi connectivity index (χ0v) is 12.3. The molecule has 2 aromatic carbocycles. The first kappa shape index (κ1) is 14.4. The molecule has 2 aromatic rings. The average Bonchev–Trinajstić information content (AvgIpc) is 2.43. The normalized spacial score (nSPS) is 10.2. The minimum Gasteiger partial charge on any atom is -0.307 e. The molecular weight excluding hydrogens is 272 g/mol. The van der Waals surface area contributed by atoms with E-state index in [2.05, 4.69) is 17.6 Å². The SMILES string of the molecule is CCc1cccc(C)c1NC(=O)Nc1ccccc1Cl. The first-order chi connectivity index (χ1) is 9.61. The Morgan fingerprint density at radius 2 is 1.85 bits per heavy atom. The zero-order chi connectivity index (χ0) is 14.5. The number of halogens is 1. The highest BCUT2D eigenvalue weighted by atomic mass is 35.5. The summed E-state index contributed by atoms with van der Waals surface area (Å²) in [5.74, 6) is 0. The van der Waals surface area contributed by atoms with Gasteiger partial charge < -0.3 is 10.6 Å². The molecule has 0 radical (unpaired) electrons. The molecular formula is C16H17ClN2O. The number of carbonyl (C=O) groups excluding carboxylic acids is 1. The van der Waals surface area contributed by atoms with Gasteiger partial charge in [-0.15, -0.1) is 0 Å². The molecule has 3 nitrogen and oxygen atoms in total. The minimum absolute atomic E-state index is 0.290. The zero-order valence-electron chi connectivity index (χ0n) is 11.5. The second-order valence-corrected chi connectivity index (χ2v) is 4.93. The van der Waals surface area contributed by atoms with Crippen LogP contribution >= 0.6 is 11.6 Å². The van der Waals surface area contributed by atoms with E-state index in [0.29, 0.717) is 10.7 Å². The van der Waals surface area contributed by atoms with Crippen molar-refractivity contribution in [2.75, 3.05) is 10.6 Å². The summed E-state index contributed by atoms with van der Waals surface area (Å²) in [6.07, 6.45) is 0.864. The number of para-hydroxylation sites is 2. The third kappa shape index (κ3) is 3.31. The number of hydrogen-bond donors (Lipinski definition) is 2. The second-order valence-electron chi connectivity index (χ2n) is 4.52. The molecule has 0 spiro atoms. The predicted octanol–water partition coefficient (Wildman–Crippen LogP) is 4.85. The van der Waals surface area contributed by atoms with E-state index in [0.717, 1.165) is 23.2 Å². The van der Waals surface area contributed by atoms with Crippen molar-refractivity contribution in [3.05, 3.63) is 58.6 Å². The molecule has 2 N–H and O–H groups in total. The van der Waals surface area contributed by atoms with Crippen LogP contribution in [0.3, 0.4) is 0 Å². The molecule has 0 saturated carbocycles. The molecule has 0 aliphatic carbocycles. The van der Waals surface area contributed by atoms with Crippen LogP contribution < -0.4 is 10.6 Å². The van der Waals surface area contributed by atoms with Crippen molar-refractivity contribution in [2.45, 2.75) is 20.3 Å². The summed E-state index contributed by atoms with van der Waals surface area (Å²) in [4.78, 5) is 12.1. The van der Waals surface area contributed by atoms with Crippen LogP contribution in [0.2, 0.25) is 5.02 Å². The number of carbonyl (C=O) groups is 1. The van der Waals surface area contributed by atoms with Crippen molar-refractivity contribution >= 4 is 29.0 Å². The number of urea groups is 1. The average molecular weight is 289 g/mol. The van der Waals surface area contributed by atoms with Crippen LogP contribution in [0.1, 0.15) is 18.1 Å². The van der Waals surface area contributed by atoms with Gasteiger partial charge >= 0.3 is 6.03 Å². The van der Waals surface area contributed by atoms with E-state index in [1.54, 1.807) is 12.1 Å². The smallest absolute Gasteiger partial charge is 0.307 e. The summed E-state index contributed by atoms with van der Waals surface area (Å²) in [5, 5.41) is 6.17. The van der Waals surface area contributed by atoms with E-state index < -0.39 is 0 Å². The number of amides is 2. The van der Waals surface area contributed by atoms with Gasteiger partial charge in [0.2, 0.25) is 0 Å². The summed E-state index contributed by atoms with van der Waals surface area (Å²) in [6.45, 7) is 4.04. The number of hydrogen-bond acceptors (Lipinski definition) is 1. The summed E-state index contributed by atoms with van der Waals surface area (Å²) < 4.78 is 0. The Morgan fingerprint density at radius 3 is 2.55 bits per heavy atom. The Labute approximate surface area is 124 Å². The Hall–Kier alpha value is -2.00. The maximum Gasteiger partial charge on any atom is 0.323 e. The molecule has 0 aliphatic rings. The Kier molecular flexibility index (Phi) is 4.64. The standard InChI is InChI=1S/C16H17ClN2O/c1-3-12-8-6-7-11(2)15(12)19-16(20)18-14-10-5-4-9-13(14)17/h4-10H,3H2,1-2H3,(H2,18,19,20). The topological polar surface area (TPSA) is 41.1 Å². The van der Waals surface area contributed by atoms with E-state index in [1.807, 2.05) is 37.3 Å². The summed E-state index contributed by atoms with van der Waals surface area (Å²) in [5.41, 5.74) is 3.61. The number of anilines is 2. The lowest BCUT2D eigenvalue weighted by atomic mass is 10.1. The van der Waals surface area contributed by atoms with Crippen LogP contribution in [-0.4, -0.2) is 6.03 Å². The molecule has 0 bridgehead atoms. The highest BCUT2D eigenvalue weighted by molar-refractivity contribution is 6.33. The second kappa shape index (κ2) is 6.44. The van der Waals surface area contributed by atoms with Crippen LogP contribution in [0.5, 0.6) is 0 Å². The highest BCUT2D eigenvalue weighted by Crippen LogP contribution is 2.23. The number of benzene rings is 2. The molecule has 4 heteroatoms. The molecule has 2 rings (SSSR count). The van der Waals surface area contributed by atoms with E-state index in [-0.39, 0.29) is 6.03 Å². The lowest BCUT2D eigenvalue weighted by Gasteiger charge is -2.14. The summed E-state index contributed by atoms with van der Waals surface area (Å²) in [7, 11) is 0. The van der Waals surface area contributed by atoms with E-state index in [9.17, 15) is 4.79 Å². The van der Waals surface area contributed by atoms with Gasteiger partial charge in [-0.1, -0.05) is 48.9 Å². The number of rotatable bonds is 3. The fourth-order valence-corrected chi connectivity index (χ4v) is 2.21. The Balaban J connectivity index is 2.15. The maximum atomic E-state index is 12.1. The van der Waals surface area contributed by atoms with Gasteiger partial charge in [-0.3, -0.25) is 0 Å². The molecule has 0 aliphatic heterocycles. The van der Waals surface area contributed by atoms with Crippen molar-refractivity contribution in [1.29, 1.82) is 0 Å². The van der Waals surface area contributed by atoms with Gasteiger partial charge in [0, 0.05) is 5.69 Å². The van der Waals surface area contributed by atoms with Gasteiger partial charge in [0.15, 0.2) is 0 Å². The lowest BCUT2D eigenvalue weighted by molar-refractivity contribution is 0.262. The van der Waals surface area contributed by atoms with Crippen LogP contribution in [-0.2, 0) is 6.42 Å². The van der Waals surface area contributed by atoms with Crippen LogP contribution in [0.4, 0.5) is 16.2 Å². The largest absolute Gasteiger partial charge is 0.323 e. The fraction of sp³-hybridized carbons (Fsp3) is 0.188. The predicted molar refractivity (Wildman–Crippen MR) is 84.7 cm³/mol. The van der Waals surface area contributed by atoms with Gasteiger partial charge in [-0.05, 0) is 36.6 Å². The van der Waals surface area contributed by atoms with Crippen molar-refractivity contribution in [2.24, 2.45) is 0 Å². The van der Waals surface area contributed by atoms with Gasteiger partial charge in [0.25, 0.3) is 0 Å².